The third kappa shape index (κ3) is 3.91. The fraction of sp³-hybridized carbons (Fsp3) is 0.286. The predicted octanol–water partition coefficient (Wildman–Crippen LogP) is 4.90. The van der Waals surface area contributed by atoms with Crippen LogP contribution in [0.1, 0.15) is 24.7 Å². The SMILES string of the molecule is CCCc1nc(Cl)cc(Nc2ccc(C)cc2Br)n1. The normalized spacial score (nSPS) is 10.5. The molecule has 0 bridgehead atoms. The minimum Gasteiger partial charge on any atom is -0.339 e. The Balaban J connectivity index is 2.27. The molecule has 0 saturated carbocycles. The first-order valence-electron chi connectivity index (χ1n) is 6.15. The number of nitrogens with one attached hydrogen (secondary N) is 1. The van der Waals surface area contributed by atoms with E-state index in [1.54, 1.807) is 6.07 Å². The zero-order valence-corrected chi connectivity index (χ0v) is 13.2. The summed E-state index contributed by atoms with van der Waals surface area (Å²) >= 11 is 9.55. The van der Waals surface area contributed by atoms with Gasteiger partial charge in [-0.3, -0.25) is 0 Å². The van der Waals surface area contributed by atoms with Gasteiger partial charge in [0, 0.05) is 17.0 Å². The maximum atomic E-state index is 6.01. The topological polar surface area (TPSA) is 37.8 Å². The van der Waals surface area contributed by atoms with Crippen molar-refractivity contribution in [2.75, 3.05) is 5.32 Å². The lowest BCUT2D eigenvalue weighted by Gasteiger charge is -2.10. The van der Waals surface area contributed by atoms with Crippen LogP contribution >= 0.6 is 27.5 Å². The van der Waals surface area contributed by atoms with Crippen LogP contribution < -0.4 is 5.32 Å². The van der Waals surface area contributed by atoms with Gasteiger partial charge in [0.25, 0.3) is 0 Å². The summed E-state index contributed by atoms with van der Waals surface area (Å²) in [5.41, 5.74) is 2.16. The summed E-state index contributed by atoms with van der Waals surface area (Å²) in [4.78, 5) is 8.66. The molecule has 0 amide bonds. The van der Waals surface area contributed by atoms with E-state index in [0.717, 1.165) is 28.8 Å². The fourth-order valence-corrected chi connectivity index (χ4v) is 2.52. The first-order chi connectivity index (χ1) is 9.08. The third-order valence-corrected chi connectivity index (χ3v) is 3.45. The minimum absolute atomic E-state index is 0.462. The van der Waals surface area contributed by atoms with E-state index in [1.807, 2.05) is 12.1 Å². The maximum absolute atomic E-state index is 6.01. The monoisotopic (exact) mass is 339 g/mol. The van der Waals surface area contributed by atoms with E-state index in [9.17, 15) is 0 Å². The molecule has 0 unspecified atom stereocenters. The first-order valence-corrected chi connectivity index (χ1v) is 7.32. The van der Waals surface area contributed by atoms with Crippen molar-refractivity contribution in [1.29, 1.82) is 0 Å². The Morgan fingerprint density at radius 2 is 2.05 bits per heavy atom. The Hall–Kier alpha value is -1.13. The van der Waals surface area contributed by atoms with Crippen LogP contribution in [0.5, 0.6) is 0 Å². The summed E-state index contributed by atoms with van der Waals surface area (Å²) in [5, 5.41) is 3.72. The standard InChI is InChI=1S/C14H15BrClN3/c1-3-4-13-18-12(16)8-14(19-13)17-11-6-5-9(2)7-10(11)15/h5-8H,3-4H2,1-2H3,(H,17,18,19). The van der Waals surface area contributed by atoms with Crippen molar-refractivity contribution >= 4 is 39.0 Å². The Morgan fingerprint density at radius 3 is 2.74 bits per heavy atom. The molecule has 100 valence electrons. The van der Waals surface area contributed by atoms with Gasteiger partial charge in [-0.1, -0.05) is 24.6 Å². The zero-order valence-electron chi connectivity index (χ0n) is 10.9. The number of anilines is 2. The molecule has 0 radical (unpaired) electrons. The Labute approximate surface area is 126 Å². The second kappa shape index (κ2) is 6.35. The van der Waals surface area contributed by atoms with Crippen LogP contribution in [0.2, 0.25) is 5.15 Å². The summed E-state index contributed by atoms with van der Waals surface area (Å²) in [6, 6.07) is 7.84. The number of aromatic nitrogens is 2. The van der Waals surface area contributed by atoms with Gasteiger partial charge in [0.2, 0.25) is 0 Å². The van der Waals surface area contributed by atoms with Crippen LogP contribution in [0.15, 0.2) is 28.7 Å². The van der Waals surface area contributed by atoms with E-state index in [0.29, 0.717) is 11.0 Å². The molecule has 0 aliphatic rings. The Bertz CT molecular complexity index is 587. The minimum atomic E-state index is 0.462. The predicted molar refractivity (Wildman–Crippen MR) is 83.2 cm³/mol. The largest absolute Gasteiger partial charge is 0.339 e. The summed E-state index contributed by atoms with van der Waals surface area (Å²) in [7, 11) is 0. The molecule has 0 atom stereocenters. The number of hydrogen-bond donors (Lipinski definition) is 1. The molecule has 1 aromatic heterocycles. The molecule has 2 rings (SSSR count). The molecular weight excluding hydrogens is 326 g/mol. The molecule has 0 saturated heterocycles. The van der Waals surface area contributed by atoms with Crippen LogP contribution in [0, 0.1) is 6.92 Å². The molecule has 0 spiro atoms. The molecule has 0 fully saturated rings. The van der Waals surface area contributed by atoms with Gasteiger partial charge in [-0.05, 0) is 47.0 Å². The van der Waals surface area contributed by atoms with Crippen molar-refractivity contribution in [3.8, 4) is 0 Å². The average Bonchev–Trinajstić information content (AvgIpc) is 2.32. The van der Waals surface area contributed by atoms with E-state index in [-0.39, 0.29) is 0 Å². The van der Waals surface area contributed by atoms with Crippen molar-refractivity contribution < 1.29 is 0 Å². The lowest BCUT2D eigenvalue weighted by atomic mass is 10.2. The van der Waals surface area contributed by atoms with Crippen molar-refractivity contribution in [3.05, 3.63) is 45.3 Å². The maximum Gasteiger partial charge on any atom is 0.135 e. The van der Waals surface area contributed by atoms with Gasteiger partial charge in [0.1, 0.15) is 16.8 Å². The number of nitrogens with zero attached hydrogens (tertiary/aromatic N) is 2. The molecule has 19 heavy (non-hydrogen) atoms. The summed E-state index contributed by atoms with van der Waals surface area (Å²) < 4.78 is 0.999. The van der Waals surface area contributed by atoms with Crippen LogP contribution in [0.3, 0.4) is 0 Å². The van der Waals surface area contributed by atoms with Gasteiger partial charge in [-0.2, -0.15) is 0 Å². The average molecular weight is 341 g/mol. The highest BCUT2D eigenvalue weighted by molar-refractivity contribution is 9.10. The van der Waals surface area contributed by atoms with Crippen LogP contribution in [0.25, 0.3) is 0 Å². The van der Waals surface area contributed by atoms with Crippen molar-refractivity contribution in [1.82, 2.24) is 9.97 Å². The molecule has 2 aromatic rings. The summed E-state index contributed by atoms with van der Waals surface area (Å²) in [5.74, 6) is 1.48. The van der Waals surface area contributed by atoms with Crippen molar-refractivity contribution in [2.24, 2.45) is 0 Å². The van der Waals surface area contributed by atoms with Gasteiger partial charge >= 0.3 is 0 Å². The number of halogens is 2. The van der Waals surface area contributed by atoms with E-state index in [4.69, 9.17) is 11.6 Å². The highest BCUT2D eigenvalue weighted by Crippen LogP contribution is 2.26. The quantitative estimate of drug-likeness (QED) is 0.805. The number of aryl methyl sites for hydroxylation is 2. The molecule has 1 heterocycles. The van der Waals surface area contributed by atoms with Crippen molar-refractivity contribution in [3.63, 3.8) is 0 Å². The number of rotatable bonds is 4. The van der Waals surface area contributed by atoms with E-state index >= 15 is 0 Å². The van der Waals surface area contributed by atoms with E-state index in [2.05, 4.69) is 51.1 Å². The highest BCUT2D eigenvalue weighted by atomic mass is 79.9. The van der Waals surface area contributed by atoms with E-state index in [1.165, 1.54) is 5.56 Å². The van der Waals surface area contributed by atoms with Gasteiger partial charge in [-0.15, -0.1) is 0 Å². The Morgan fingerprint density at radius 1 is 1.26 bits per heavy atom. The summed E-state index contributed by atoms with van der Waals surface area (Å²) in [6.45, 7) is 4.14. The molecule has 3 nitrogen and oxygen atoms in total. The van der Waals surface area contributed by atoms with Crippen LogP contribution in [-0.2, 0) is 6.42 Å². The number of hydrogen-bond acceptors (Lipinski definition) is 3. The molecule has 1 N–H and O–H groups in total. The lowest BCUT2D eigenvalue weighted by molar-refractivity contribution is 0.837. The first kappa shape index (κ1) is 14.3. The smallest absolute Gasteiger partial charge is 0.135 e. The number of benzene rings is 1. The van der Waals surface area contributed by atoms with Crippen LogP contribution in [-0.4, -0.2) is 9.97 Å². The van der Waals surface area contributed by atoms with Gasteiger partial charge in [0.05, 0.1) is 5.69 Å². The van der Waals surface area contributed by atoms with Crippen molar-refractivity contribution in [2.45, 2.75) is 26.7 Å². The molecule has 0 aliphatic heterocycles. The van der Waals surface area contributed by atoms with Gasteiger partial charge in [-0.25, -0.2) is 9.97 Å². The van der Waals surface area contributed by atoms with E-state index < -0.39 is 0 Å². The molecule has 5 heteroatoms. The zero-order chi connectivity index (χ0) is 13.8. The lowest BCUT2D eigenvalue weighted by Crippen LogP contribution is -2.01. The second-order valence-electron chi connectivity index (χ2n) is 4.35. The van der Waals surface area contributed by atoms with Gasteiger partial charge < -0.3 is 5.32 Å². The summed E-state index contributed by atoms with van der Waals surface area (Å²) in [6.07, 6.45) is 1.82. The van der Waals surface area contributed by atoms with Crippen LogP contribution in [0.4, 0.5) is 11.5 Å². The van der Waals surface area contributed by atoms with Gasteiger partial charge in [0.15, 0.2) is 0 Å². The Kier molecular flexibility index (Phi) is 4.77. The molecule has 1 aromatic carbocycles. The second-order valence-corrected chi connectivity index (χ2v) is 5.59. The third-order valence-electron chi connectivity index (χ3n) is 2.60. The molecule has 0 aliphatic carbocycles. The molecular formula is C14H15BrClN3. The fourth-order valence-electron chi connectivity index (χ4n) is 1.72. The highest BCUT2D eigenvalue weighted by Gasteiger charge is 2.05.